The first-order valence-corrected chi connectivity index (χ1v) is 10.9. The lowest BCUT2D eigenvalue weighted by molar-refractivity contribution is -0.140. The third kappa shape index (κ3) is 3.04. The highest BCUT2D eigenvalue weighted by Crippen LogP contribution is 2.65. The van der Waals surface area contributed by atoms with Crippen molar-refractivity contribution >= 4 is 18.0 Å². The summed E-state index contributed by atoms with van der Waals surface area (Å²) in [7, 11) is 0. The van der Waals surface area contributed by atoms with Crippen LogP contribution in [0.15, 0.2) is 35.5 Å². The lowest BCUT2D eigenvalue weighted by Gasteiger charge is -2.37. The topological polar surface area (TPSA) is 68.2 Å². The maximum atomic E-state index is 13.1. The number of carbonyl (C=O) groups is 2. The first kappa shape index (κ1) is 19.3. The van der Waals surface area contributed by atoms with Gasteiger partial charge >= 0.3 is 0 Å². The van der Waals surface area contributed by atoms with E-state index in [9.17, 15) is 9.59 Å². The SMILES string of the molecule is CC(C)Oc1ccc(/C=N\N2C(=O)[C@@H]3[C@@H]4C=C[C@H]([C@H]5C[C@H]45)[C@@H]3C2=O)c(OC(C)C)c1. The zero-order valence-electron chi connectivity index (χ0n) is 17.8. The van der Waals surface area contributed by atoms with E-state index in [0.717, 1.165) is 11.4 Å². The number of allylic oxidation sites excluding steroid dienone is 2. The Bertz CT molecular complexity index is 915. The van der Waals surface area contributed by atoms with Gasteiger partial charge in [-0.3, -0.25) is 9.59 Å². The number of nitrogens with zero attached hydrogens (tertiary/aromatic N) is 2. The Hall–Kier alpha value is -2.63. The van der Waals surface area contributed by atoms with E-state index in [4.69, 9.17) is 9.47 Å². The van der Waals surface area contributed by atoms with Crippen LogP contribution in [0.25, 0.3) is 0 Å². The molecule has 6 rings (SSSR count). The van der Waals surface area contributed by atoms with Crippen LogP contribution in [-0.2, 0) is 9.59 Å². The van der Waals surface area contributed by atoms with E-state index in [-0.39, 0.29) is 47.7 Å². The molecule has 0 spiro atoms. The first-order valence-electron chi connectivity index (χ1n) is 10.9. The summed E-state index contributed by atoms with van der Waals surface area (Å²) in [4.78, 5) is 26.1. The van der Waals surface area contributed by atoms with Crippen LogP contribution >= 0.6 is 0 Å². The molecule has 0 unspecified atom stereocenters. The monoisotopic (exact) mass is 408 g/mol. The standard InChI is InChI=1S/C24H28N2O4/c1-12(2)29-15-6-5-14(20(9-15)30-13(3)4)11-25-26-23(27)21-16-7-8-17(19-10-18(16)19)22(21)24(26)28/h5-9,11-13,16-19,21-22H,10H2,1-4H3/b25-11-/t16-,17-,18-,19-,21-,22+/m1/s1. The number of hydrazone groups is 1. The smallest absolute Gasteiger partial charge is 0.254 e. The van der Waals surface area contributed by atoms with Crippen LogP contribution in [0.4, 0.5) is 0 Å². The van der Waals surface area contributed by atoms with E-state index in [2.05, 4.69) is 17.3 Å². The summed E-state index contributed by atoms with van der Waals surface area (Å²) in [6.45, 7) is 7.83. The zero-order chi connectivity index (χ0) is 21.2. The van der Waals surface area contributed by atoms with Gasteiger partial charge in [-0.1, -0.05) is 12.2 Å². The van der Waals surface area contributed by atoms with Gasteiger partial charge in [0, 0.05) is 11.6 Å². The Morgan fingerprint density at radius 2 is 1.57 bits per heavy atom. The molecular formula is C24H28N2O4. The number of benzene rings is 1. The molecule has 6 heteroatoms. The Labute approximate surface area is 176 Å². The average molecular weight is 408 g/mol. The van der Waals surface area contributed by atoms with Crippen LogP contribution in [0.1, 0.15) is 39.7 Å². The summed E-state index contributed by atoms with van der Waals surface area (Å²) in [5, 5.41) is 5.44. The van der Waals surface area contributed by atoms with E-state index in [0.29, 0.717) is 28.9 Å². The molecule has 3 fully saturated rings. The molecule has 1 heterocycles. The molecule has 2 bridgehead atoms. The second-order valence-electron chi connectivity index (χ2n) is 9.42. The Morgan fingerprint density at radius 1 is 0.967 bits per heavy atom. The number of hydrogen-bond acceptors (Lipinski definition) is 5. The van der Waals surface area contributed by atoms with Crippen molar-refractivity contribution in [3.8, 4) is 11.5 Å². The largest absolute Gasteiger partial charge is 0.491 e. The Balaban J connectivity index is 1.40. The van der Waals surface area contributed by atoms with Crippen molar-refractivity contribution in [2.24, 2.45) is 40.6 Å². The Kier molecular flexibility index (Phi) is 4.49. The van der Waals surface area contributed by atoms with Crippen LogP contribution in [0, 0.1) is 35.5 Å². The molecule has 6 nitrogen and oxygen atoms in total. The van der Waals surface area contributed by atoms with Gasteiger partial charge < -0.3 is 9.47 Å². The molecule has 2 amide bonds. The van der Waals surface area contributed by atoms with Gasteiger partial charge in [-0.2, -0.15) is 10.1 Å². The molecule has 0 aromatic heterocycles. The lowest BCUT2D eigenvalue weighted by Crippen LogP contribution is -2.40. The lowest BCUT2D eigenvalue weighted by atomic mass is 9.63. The highest BCUT2D eigenvalue weighted by molar-refractivity contribution is 6.06. The van der Waals surface area contributed by atoms with E-state index >= 15 is 0 Å². The van der Waals surface area contributed by atoms with Crippen LogP contribution in [0.5, 0.6) is 11.5 Å². The van der Waals surface area contributed by atoms with Gasteiger partial charge in [0.25, 0.3) is 11.8 Å². The number of carbonyl (C=O) groups excluding carboxylic acids is 2. The molecule has 1 aliphatic heterocycles. The Morgan fingerprint density at radius 3 is 2.13 bits per heavy atom. The minimum atomic E-state index is -0.235. The molecule has 1 saturated heterocycles. The van der Waals surface area contributed by atoms with E-state index in [1.807, 2.05) is 45.9 Å². The van der Waals surface area contributed by atoms with Gasteiger partial charge in [0.2, 0.25) is 0 Å². The number of imide groups is 1. The van der Waals surface area contributed by atoms with E-state index in [1.54, 1.807) is 6.21 Å². The first-order chi connectivity index (χ1) is 14.3. The van der Waals surface area contributed by atoms with Gasteiger partial charge in [-0.25, -0.2) is 0 Å². The van der Waals surface area contributed by atoms with Crippen molar-refractivity contribution in [2.45, 2.75) is 46.3 Å². The molecule has 2 saturated carbocycles. The maximum absolute atomic E-state index is 13.1. The average Bonchev–Trinajstić information content (AvgIpc) is 3.46. The van der Waals surface area contributed by atoms with Crippen molar-refractivity contribution < 1.29 is 19.1 Å². The van der Waals surface area contributed by atoms with Crippen molar-refractivity contribution in [3.63, 3.8) is 0 Å². The number of amides is 2. The molecule has 0 radical (unpaired) electrons. The van der Waals surface area contributed by atoms with Crippen LogP contribution in [0.3, 0.4) is 0 Å². The van der Waals surface area contributed by atoms with Gasteiger partial charge in [0.15, 0.2) is 0 Å². The van der Waals surface area contributed by atoms with Crippen LogP contribution in [-0.4, -0.2) is 35.2 Å². The molecular weight excluding hydrogens is 380 g/mol. The molecule has 6 atom stereocenters. The fourth-order valence-corrected chi connectivity index (χ4v) is 5.50. The molecule has 4 aliphatic carbocycles. The molecule has 0 N–H and O–H groups in total. The van der Waals surface area contributed by atoms with Crippen LogP contribution < -0.4 is 9.47 Å². The summed E-state index contributed by atoms with van der Waals surface area (Å²) >= 11 is 0. The predicted molar refractivity (Wildman–Crippen MR) is 112 cm³/mol. The third-order valence-corrected chi connectivity index (χ3v) is 6.67. The van der Waals surface area contributed by atoms with Gasteiger partial charge in [0.1, 0.15) is 11.5 Å². The fourth-order valence-electron chi connectivity index (χ4n) is 5.50. The molecule has 5 aliphatic rings. The highest BCUT2D eigenvalue weighted by atomic mass is 16.5. The normalized spacial score (nSPS) is 33.6. The summed E-state index contributed by atoms with van der Waals surface area (Å²) in [6.07, 6.45) is 7.06. The molecule has 1 aromatic carbocycles. The van der Waals surface area contributed by atoms with Crippen molar-refractivity contribution in [1.82, 2.24) is 5.01 Å². The van der Waals surface area contributed by atoms with E-state index in [1.165, 1.54) is 0 Å². The molecule has 158 valence electrons. The number of hydrogen-bond donors (Lipinski definition) is 0. The second-order valence-corrected chi connectivity index (χ2v) is 9.42. The molecule has 30 heavy (non-hydrogen) atoms. The summed E-state index contributed by atoms with van der Waals surface area (Å²) in [5.74, 6) is 2.12. The molecule has 1 aromatic rings. The maximum Gasteiger partial charge on any atom is 0.254 e. The van der Waals surface area contributed by atoms with Crippen molar-refractivity contribution in [2.75, 3.05) is 0 Å². The van der Waals surface area contributed by atoms with Gasteiger partial charge in [-0.15, -0.1) is 0 Å². The summed E-state index contributed by atoms with van der Waals surface area (Å²) < 4.78 is 11.7. The summed E-state index contributed by atoms with van der Waals surface area (Å²) in [6, 6.07) is 5.52. The third-order valence-electron chi connectivity index (χ3n) is 6.67. The fraction of sp³-hybridized carbons (Fsp3) is 0.542. The number of rotatable bonds is 6. The van der Waals surface area contributed by atoms with Gasteiger partial charge in [-0.05, 0) is 69.9 Å². The number of ether oxygens (including phenoxy) is 2. The van der Waals surface area contributed by atoms with Crippen molar-refractivity contribution in [1.29, 1.82) is 0 Å². The quantitative estimate of drug-likeness (QED) is 0.409. The summed E-state index contributed by atoms with van der Waals surface area (Å²) in [5.41, 5.74) is 0.708. The van der Waals surface area contributed by atoms with E-state index < -0.39 is 0 Å². The highest BCUT2D eigenvalue weighted by Gasteiger charge is 2.67. The second kappa shape index (κ2) is 6.96. The minimum Gasteiger partial charge on any atom is -0.491 e. The van der Waals surface area contributed by atoms with Crippen molar-refractivity contribution in [3.05, 3.63) is 35.9 Å². The zero-order valence-corrected chi connectivity index (χ0v) is 17.8. The minimum absolute atomic E-state index is 0.0298. The van der Waals surface area contributed by atoms with Crippen LogP contribution in [0.2, 0.25) is 0 Å². The predicted octanol–water partition coefficient (Wildman–Crippen LogP) is 3.65. The van der Waals surface area contributed by atoms with Gasteiger partial charge in [0.05, 0.1) is 30.3 Å².